The molecule has 0 aliphatic rings. The zero-order valence-electron chi connectivity index (χ0n) is 15.2. The van der Waals surface area contributed by atoms with Crippen LogP contribution in [-0.4, -0.2) is 0 Å². The summed E-state index contributed by atoms with van der Waals surface area (Å²) in [5.74, 6) is 0. The predicted molar refractivity (Wildman–Crippen MR) is 95.7 cm³/mol. The van der Waals surface area contributed by atoms with Crippen LogP contribution in [0, 0.1) is 6.92 Å². The van der Waals surface area contributed by atoms with Crippen LogP contribution in [0.25, 0.3) is 0 Å². The molecule has 1 rings (SSSR count). The van der Waals surface area contributed by atoms with Crippen LogP contribution in [0.1, 0.15) is 95.1 Å². The molecule has 0 atom stereocenters. The van der Waals surface area contributed by atoms with Gasteiger partial charge in [0.25, 0.3) is 0 Å². The first-order valence-corrected chi connectivity index (χ1v) is 9.24. The number of hydrogen-bond acceptors (Lipinski definition) is 0. The summed E-state index contributed by atoms with van der Waals surface area (Å²) < 4.78 is 0. The average molecular weight is 294 g/mol. The van der Waals surface area contributed by atoms with Gasteiger partial charge in [0.2, 0.25) is 0 Å². The van der Waals surface area contributed by atoms with Crippen molar-refractivity contribution in [1.29, 1.82) is 0 Å². The molecule has 0 bridgehead atoms. The minimum Gasteiger partial charge on any atom is -0.198 e. The molecule has 0 saturated carbocycles. The van der Waals surface area contributed by atoms with Gasteiger partial charge in [-0.2, -0.15) is 18.6 Å². The van der Waals surface area contributed by atoms with Crippen LogP contribution in [0.15, 0.2) is 24.3 Å². The first-order chi connectivity index (χ1) is 10.3. The van der Waals surface area contributed by atoms with E-state index in [0.717, 1.165) is 0 Å². The van der Waals surface area contributed by atoms with Crippen LogP contribution >= 0.6 is 0 Å². The van der Waals surface area contributed by atoms with E-state index < -0.39 is 0 Å². The zero-order valence-corrected chi connectivity index (χ0v) is 15.2. The van der Waals surface area contributed by atoms with Crippen LogP contribution < -0.4 is 18.9 Å². The summed E-state index contributed by atoms with van der Waals surface area (Å²) in [6.45, 7) is 6.38. The number of unbranched alkanes of at least 4 members (excludes halogenated alkanes) is 11. The largest absolute Gasteiger partial charge is 1.00 e. The maximum atomic E-state index is 4.10. The van der Waals surface area contributed by atoms with Crippen molar-refractivity contribution in [3.05, 3.63) is 42.3 Å². The van der Waals surface area contributed by atoms with Gasteiger partial charge in [-0.1, -0.05) is 96.5 Å². The molecule has 0 aliphatic heterocycles. The standard InChI is InChI=1S/C21H35.Li/c1-3-4-5-6-7-8-9-10-11-12-13-14-18-21-19-16-15-17-20(21)2;/h15-17,19H,2-14,18H2,1H3;/q-1;+1. The van der Waals surface area contributed by atoms with Crippen molar-refractivity contribution in [2.45, 2.75) is 90.4 Å². The molecule has 1 heteroatoms. The maximum absolute atomic E-state index is 4.10. The Bertz CT molecular complexity index is 346. The molecule has 22 heavy (non-hydrogen) atoms. The van der Waals surface area contributed by atoms with Crippen LogP contribution in [0.3, 0.4) is 0 Å². The Balaban J connectivity index is 0.00000441. The summed E-state index contributed by atoms with van der Waals surface area (Å²) in [7, 11) is 0. The Kier molecular flexibility index (Phi) is 15.4. The second-order valence-electron chi connectivity index (χ2n) is 6.41. The van der Waals surface area contributed by atoms with E-state index in [-0.39, 0.29) is 18.9 Å². The van der Waals surface area contributed by atoms with Crippen molar-refractivity contribution in [3.63, 3.8) is 0 Å². The van der Waals surface area contributed by atoms with E-state index in [9.17, 15) is 0 Å². The Morgan fingerprint density at radius 1 is 0.682 bits per heavy atom. The fraction of sp³-hybridized carbons (Fsp3) is 0.667. The molecule has 1 aromatic carbocycles. The molecule has 0 unspecified atom stereocenters. The molecule has 0 fully saturated rings. The monoisotopic (exact) mass is 294 g/mol. The van der Waals surface area contributed by atoms with Crippen LogP contribution in [-0.2, 0) is 6.42 Å². The predicted octanol–water partition coefficient (Wildman–Crippen LogP) is 4.12. The first kappa shape index (κ1) is 21.7. The second-order valence-corrected chi connectivity index (χ2v) is 6.41. The molecule has 0 amide bonds. The van der Waals surface area contributed by atoms with Gasteiger partial charge in [0.15, 0.2) is 0 Å². The van der Waals surface area contributed by atoms with Gasteiger partial charge in [-0.25, -0.2) is 0 Å². The summed E-state index contributed by atoms with van der Waals surface area (Å²) in [6.07, 6.45) is 18.3. The number of rotatable bonds is 13. The molecule has 0 spiro atoms. The van der Waals surface area contributed by atoms with E-state index in [4.69, 9.17) is 0 Å². The van der Waals surface area contributed by atoms with E-state index in [2.05, 4.69) is 38.1 Å². The number of aryl methyl sites for hydroxylation is 1. The molecule has 0 saturated heterocycles. The van der Waals surface area contributed by atoms with Crippen molar-refractivity contribution in [1.82, 2.24) is 0 Å². The third kappa shape index (κ3) is 11.3. The molecular formula is C21H35Li. The van der Waals surface area contributed by atoms with Gasteiger partial charge in [0.1, 0.15) is 0 Å². The SMILES string of the molecule is [CH2-]c1ccccc1CCCCCCCCCCCCCC.[Li+]. The van der Waals surface area contributed by atoms with Crippen molar-refractivity contribution in [2.75, 3.05) is 0 Å². The van der Waals surface area contributed by atoms with Crippen LogP contribution in [0.5, 0.6) is 0 Å². The van der Waals surface area contributed by atoms with Crippen molar-refractivity contribution < 1.29 is 18.9 Å². The minimum absolute atomic E-state index is 0. The summed E-state index contributed by atoms with van der Waals surface area (Å²) in [5.41, 5.74) is 2.64. The Hall–Kier alpha value is -0.313. The van der Waals surface area contributed by atoms with Gasteiger partial charge in [0.05, 0.1) is 0 Å². The number of hydrogen-bond donors (Lipinski definition) is 0. The van der Waals surface area contributed by atoms with Gasteiger partial charge < -0.3 is 0 Å². The summed E-state index contributed by atoms with van der Waals surface area (Å²) in [5, 5.41) is 0. The van der Waals surface area contributed by atoms with Crippen LogP contribution in [0.2, 0.25) is 0 Å². The summed E-state index contributed by atoms with van der Waals surface area (Å²) in [4.78, 5) is 0. The summed E-state index contributed by atoms with van der Waals surface area (Å²) >= 11 is 0. The molecule has 0 nitrogen and oxygen atoms in total. The van der Waals surface area contributed by atoms with Gasteiger partial charge in [0, 0.05) is 0 Å². The Labute approximate surface area is 151 Å². The van der Waals surface area contributed by atoms with Crippen molar-refractivity contribution in [3.8, 4) is 0 Å². The normalized spacial score (nSPS) is 10.4. The molecule has 0 aliphatic carbocycles. The topological polar surface area (TPSA) is 0 Å². The molecule has 0 heterocycles. The molecule has 120 valence electrons. The zero-order chi connectivity index (χ0) is 15.2. The maximum Gasteiger partial charge on any atom is 1.00 e. The van der Waals surface area contributed by atoms with Crippen molar-refractivity contribution >= 4 is 0 Å². The summed E-state index contributed by atoms with van der Waals surface area (Å²) in [6, 6.07) is 8.55. The van der Waals surface area contributed by atoms with Gasteiger partial charge in [-0.3, -0.25) is 0 Å². The third-order valence-corrected chi connectivity index (χ3v) is 4.42. The second kappa shape index (κ2) is 15.6. The van der Waals surface area contributed by atoms with Crippen LogP contribution in [0.4, 0.5) is 0 Å². The van der Waals surface area contributed by atoms with E-state index in [1.54, 1.807) is 0 Å². The van der Waals surface area contributed by atoms with Gasteiger partial charge >= 0.3 is 18.9 Å². The Morgan fingerprint density at radius 2 is 1.14 bits per heavy atom. The number of benzene rings is 1. The van der Waals surface area contributed by atoms with E-state index in [1.165, 1.54) is 94.6 Å². The van der Waals surface area contributed by atoms with Crippen molar-refractivity contribution in [2.24, 2.45) is 0 Å². The molecule has 0 N–H and O–H groups in total. The quantitative estimate of drug-likeness (QED) is 0.292. The molecule has 0 radical (unpaired) electrons. The Morgan fingerprint density at radius 3 is 1.64 bits per heavy atom. The van der Waals surface area contributed by atoms with Gasteiger partial charge in [-0.05, 0) is 0 Å². The first-order valence-electron chi connectivity index (χ1n) is 9.24. The fourth-order valence-corrected chi connectivity index (χ4v) is 2.96. The smallest absolute Gasteiger partial charge is 0.198 e. The van der Waals surface area contributed by atoms with E-state index >= 15 is 0 Å². The average Bonchev–Trinajstić information content (AvgIpc) is 2.50. The third-order valence-electron chi connectivity index (χ3n) is 4.42. The van der Waals surface area contributed by atoms with E-state index in [1.807, 2.05) is 0 Å². The fourth-order valence-electron chi connectivity index (χ4n) is 2.96. The minimum atomic E-state index is 0. The van der Waals surface area contributed by atoms with Gasteiger partial charge in [-0.15, -0.1) is 17.7 Å². The molecule has 1 aromatic rings. The molecule has 0 aromatic heterocycles. The van der Waals surface area contributed by atoms with E-state index in [0.29, 0.717) is 0 Å². The molecular weight excluding hydrogens is 259 g/mol.